The third kappa shape index (κ3) is 1.77. The molecular weight excluding hydrogens is 250 g/mol. The maximum atomic E-state index is 11.1. The largest absolute Gasteiger partial charge is 0.450 e. The molecular formula is C9H6BrNO3. The molecule has 1 saturated heterocycles. The second-order valence-corrected chi connectivity index (χ2v) is 3.65. The van der Waals surface area contributed by atoms with E-state index in [1.54, 1.807) is 18.2 Å². The van der Waals surface area contributed by atoms with E-state index in [1.807, 2.05) is 0 Å². The second-order valence-electron chi connectivity index (χ2n) is 2.87. The quantitative estimate of drug-likeness (QED) is 0.611. The van der Waals surface area contributed by atoms with Crippen molar-refractivity contribution in [2.24, 2.45) is 0 Å². The summed E-state index contributed by atoms with van der Waals surface area (Å²) in [5.41, 5.74) is 0.428. The van der Waals surface area contributed by atoms with Gasteiger partial charge in [-0.3, -0.25) is 14.9 Å². The molecule has 5 heteroatoms. The van der Waals surface area contributed by atoms with E-state index in [1.165, 1.54) is 0 Å². The summed E-state index contributed by atoms with van der Waals surface area (Å²) >= 11 is 3.15. The average Bonchev–Trinajstić information content (AvgIpc) is 2.61. The number of amides is 2. The Balaban J connectivity index is 2.27. The van der Waals surface area contributed by atoms with Gasteiger partial charge in [0, 0.05) is 5.57 Å². The topological polar surface area (TPSA) is 59.3 Å². The SMILES string of the molecule is O=C1CC(=Cc2ccc(Br)o2)C(=O)N1. The third-order valence-electron chi connectivity index (χ3n) is 1.81. The van der Waals surface area contributed by atoms with Crippen molar-refractivity contribution in [1.29, 1.82) is 0 Å². The highest BCUT2D eigenvalue weighted by Crippen LogP contribution is 2.19. The number of rotatable bonds is 1. The van der Waals surface area contributed by atoms with E-state index in [-0.39, 0.29) is 18.2 Å². The second kappa shape index (κ2) is 3.42. The highest BCUT2D eigenvalue weighted by atomic mass is 79.9. The lowest BCUT2D eigenvalue weighted by molar-refractivity contribution is -0.124. The lowest BCUT2D eigenvalue weighted by Crippen LogP contribution is -2.19. The first-order valence-electron chi connectivity index (χ1n) is 3.95. The van der Waals surface area contributed by atoms with E-state index in [2.05, 4.69) is 21.2 Å². The van der Waals surface area contributed by atoms with Crippen LogP contribution in [0, 0.1) is 0 Å². The van der Waals surface area contributed by atoms with Crippen molar-refractivity contribution in [2.75, 3.05) is 0 Å². The standard InChI is InChI=1S/C9H6BrNO3/c10-7-2-1-6(14-7)3-5-4-8(12)11-9(5)13/h1-3H,4H2,(H,11,12,13). The molecule has 0 saturated carbocycles. The molecule has 2 amide bonds. The van der Waals surface area contributed by atoms with Crippen LogP contribution in [0.1, 0.15) is 12.2 Å². The summed E-state index contributed by atoms with van der Waals surface area (Å²) in [6.45, 7) is 0. The number of carbonyl (C=O) groups excluding carboxylic acids is 2. The zero-order chi connectivity index (χ0) is 10.1. The van der Waals surface area contributed by atoms with Gasteiger partial charge in [-0.2, -0.15) is 0 Å². The van der Waals surface area contributed by atoms with E-state index in [9.17, 15) is 9.59 Å². The number of nitrogens with one attached hydrogen (secondary N) is 1. The summed E-state index contributed by atoms with van der Waals surface area (Å²) in [6, 6.07) is 3.44. The highest BCUT2D eigenvalue weighted by molar-refractivity contribution is 9.10. The lowest BCUT2D eigenvalue weighted by Gasteiger charge is -1.89. The summed E-state index contributed by atoms with van der Waals surface area (Å²) < 4.78 is 5.77. The van der Waals surface area contributed by atoms with Crippen LogP contribution in [0.2, 0.25) is 0 Å². The maximum absolute atomic E-state index is 11.1. The minimum Gasteiger partial charge on any atom is -0.450 e. The number of halogens is 1. The first-order chi connectivity index (χ1) is 6.65. The van der Waals surface area contributed by atoms with Crippen molar-refractivity contribution in [2.45, 2.75) is 6.42 Å². The molecule has 1 aliphatic heterocycles. The van der Waals surface area contributed by atoms with Gasteiger partial charge < -0.3 is 4.42 Å². The van der Waals surface area contributed by atoms with E-state index in [0.29, 0.717) is 16.0 Å². The Morgan fingerprint density at radius 3 is 2.71 bits per heavy atom. The predicted octanol–water partition coefficient (Wildman–Crippen LogP) is 1.47. The normalized spacial score (nSPS) is 19.1. The maximum Gasteiger partial charge on any atom is 0.254 e. The summed E-state index contributed by atoms with van der Waals surface area (Å²) in [5.74, 6) is -0.0638. The van der Waals surface area contributed by atoms with E-state index < -0.39 is 0 Å². The van der Waals surface area contributed by atoms with Crippen LogP contribution >= 0.6 is 15.9 Å². The summed E-state index contributed by atoms with van der Waals surface area (Å²) in [7, 11) is 0. The summed E-state index contributed by atoms with van der Waals surface area (Å²) in [6.07, 6.45) is 1.68. The van der Waals surface area contributed by atoms with Gasteiger partial charge in [-0.1, -0.05) is 0 Å². The minimum absolute atomic E-state index is 0.122. The Morgan fingerprint density at radius 1 is 1.43 bits per heavy atom. The van der Waals surface area contributed by atoms with Crippen LogP contribution in [0.25, 0.3) is 6.08 Å². The van der Waals surface area contributed by atoms with Crippen LogP contribution in [-0.4, -0.2) is 11.8 Å². The van der Waals surface area contributed by atoms with Crippen molar-refractivity contribution in [3.8, 4) is 0 Å². The molecule has 14 heavy (non-hydrogen) atoms. The van der Waals surface area contributed by atoms with Crippen LogP contribution < -0.4 is 5.32 Å². The van der Waals surface area contributed by atoms with Crippen molar-refractivity contribution < 1.29 is 14.0 Å². The molecule has 0 spiro atoms. The number of hydrogen-bond acceptors (Lipinski definition) is 3. The number of carbonyl (C=O) groups is 2. The zero-order valence-electron chi connectivity index (χ0n) is 7.04. The molecule has 2 heterocycles. The lowest BCUT2D eigenvalue weighted by atomic mass is 10.2. The molecule has 2 rings (SSSR count). The Kier molecular flexibility index (Phi) is 2.25. The fourth-order valence-corrected chi connectivity index (χ4v) is 1.52. The Labute approximate surface area is 88.1 Å². The molecule has 0 unspecified atom stereocenters. The molecule has 1 aromatic rings. The smallest absolute Gasteiger partial charge is 0.254 e. The Bertz CT molecular complexity index is 433. The highest BCUT2D eigenvalue weighted by Gasteiger charge is 2.23. The van der Waals surface area contributed by atoms with Crippen molar-refractivity contribution in [3.63, 3.8) is 0 Å². The van der Waals surface area contributed by atoms with Gasteiger partial charge in [0.2, 0.25) is 5.91 Å². The molecule has 1 aromatic heterocycles. The fourth-order valence-electron chi connectivity index (χ4n) is 1.20. The first kappa shape index (κ1) is 9.21. The van der Waals surface area contributed by atoms with Gasteiger partial charge in [0.25, 0.3) is 5.91 Å². The van der Waals surface area contributed by atoms with E-state index >= 15 is 0 Å². The van der Waals surface area contributed by atoms with Crippen LogP contribution in [0.3, 0.4) is 0 Å². The third-order valence-corrected chi connectivity index (χ3v) is 2.23. The molecule has 72 valence electrons. The zero-order valence-corrected chi connectivity index (χ0v) is 8.63. The van der Waals surface area contributed by atoms with Crippen LogP contribution in [0.4, 0.5) is 0 Å². The van der Waals surface area contributed by atoms with E-state index in [4.69, 9.17) is 4.42 Å². The van der Waals surface area contributed by atoms with Gasteiger partial charge in [-0.25, -0.2) is 0 Å². The Hall–Kier alpha value is -1.36. The van der Waals surface area contributed by atoms with Crippen LogP contribution in [-0.2, 0) is 9.59 Å². The molecule has 1 N–H and O–H groups in total. The van der Waals surface area contributed by atoms with Crippen molar-refractivity contribution in [3.05, 3.63) is 28.1 Å². The van der Waals surface area contributed by atoms with Crippen molar-refractivity contribution >= 4 is 33.8 Å². The van der Waals surface area contributed by atoms with Gasteiger partial charge in [0.15, 0.2) is 4.67 Å². The average molecular weight is 256 g/mol. The van der Waals surface area contributed by atoms with Gasteiger partial charge in [-0.05, 0) is 34.1 Å². The van der Waals surface area contributed by atoms with Gasteiger partial charge in [-0.15, -0.1) is 0 Å². The predicted molar refractivity (Wildman–Crippen MR) is 52.2 cm³/mol. The van der Waals surface area contributed by atoms with Crippen molar-refractivity contribution in [1.82, 2.24) is 5.32 Å². The molecule has 0 aliphatic carbocycles. The molecule has 0 aromatic carbocycles. The summed E-state index contributed by atoms with van der Waals surface area (Å²) in [5, 5.41) is 2.19. The number of hydrogen-bond donors (Lipinski definition) is 1. The molecule has 1 aliphatic rings. The van der Waals surface area contributed by atoms with Crippen LogP contribution in [0.5, 0.6) is 0 Å². The Morgan fingerprint density at radius 2 is 2.21 bits per heavy atom. The molecule has 4 nitrogen and oxygen atoms in total. The summed E-state index contributed by atoms with van der Waals surface area (Å²) in [4.78, 5) is 22.0. The van der Waals surface area contributed by atoms with Gasteiger partial charge in [0.1, 0.15) is 5.76 Å². The number of furan rings is 1. The fraction of sp³-hybridized carbons (Fsp3) is 0.111. The molecule has 1 fully saturated rings. The monoisotopic (exact) mass is 255 g/mol. The van der Waals surface area contributed by atoms with E-state index in [0.717, 1.165) is 0 Å². The number of imide groups is 1. The molecule has 0 radical (unpaired) electrons. The molecule has 0 atom stereocenters. The molecule has 0 bridgehead atoms. The van der Waals surface area contributed by atoms with Crippen LogP contribution in [0.15, 0.2) is 26.8 Å². The first-order valence-corrected chi connectivity index (χ1v) is 4.74. The minimum atomic E-state index is -0.345. The van der Waals surface area contributed by atoms with Gasteiger partial charge in [0.05, 0.1) is 6.42 Å². The van der Waals surface area contributed by atoms with Gasteiger partial charge >= 0.3 is 0 Å².